The maximum atomic E-state index is 14.8. The third-order valence-electron chi connectivity index (χ3n) is 17.1. The Labute approximate surface area is 414 Å². The van der Waals surface area contributed by atoms with Crippen LogP contribution in [0.3, 0.4) is 0 Å². The van der Waals surface area contributed by atoms with E-state index in [1.165, 1.54) is 14.2 Å². The molecule has 17 heteroatoms. The van der Waals surface area contributed by atoms with E-state index in [0.29, 0.717) is 60.6 Å². The Morgan fingerprint density at radius 3 is 1.89 bits per heavy atom. The Morgan fingerprint density at radius 1 is 0.729 bits per heavy atom. The maximum absolute atomic E-state index is 14.8. The molecule has 11 rings (SSSR count). The summed E-state index contributed by atoms with van der Waals surface area (Å²) in [6, 6.07) is 14.2. The van der Waals surface area contributed by atoms with Crippen LogP contribution < -0.4 is 10.6 Å². The minimum atomic E-state index is -0.837. The van der Waals surface area contributed by atoms with Crippen LogP contribution in [0, 0.1) is 34.5 Å². The fraction of sp³-hybridized carbons (Fsp3) is 0.585. The van der Waals surface area contributed by atoms with Gasteiger partial charge >= 0.3 is 12.2 Å². The van der Waals surface area contributed by atoms with Crippen molar-refractivity contribution in [1.82, 2.24) is 40.4 Å². The van der Waals surface area contributed by atoms with E-state index in [1.54, 1.807) is 0 Å². The summed E-state index contributed by atoms with van der Waals surface area (Å²) in [7, 11) is 2.63. The van der Waals surface area contributed by atoms with Gasteiger partial charge < -0.3 is 49.3 Å². The van der Waals surface area contributed by atoms with Crippen LogP contribution >= 0.6 is 11.6 Å². The van der Waals surface area contributed by atoms with E-state index in [9.17, 15) is 19.2 Å². The van der Waals surface area contributed by atoms with Crippen molar-refractivity contribution in [2.24, 2.45) is 34.5 Å². The van der Waals surface area contributed by atoms with Crippen LogP contribution in [0.5, 0.6) is 0 Å². The molecule has 2 bridgehead atoms. The van der Waals surface area contributed by atoms with Gasteiger partial charge in [-0.3, -0.25) is 9.59 Å². The highest BCUT2D eigenvalue weighted by atomic mass is 35.5. The number of nitrogens with one attached hydrogen (secondary N) is 4. The number of piperidine rings is 1. The first-order valence-corrected chi connectivity index (χ1v) is 25.4. The topological polar surface area (TPSA) is 193 Å². The maximum Gasteiger partial charge on any atom is 0.407 e. The van der Waals surface area contributed by atoms with E-state index >= 15 is 0 Å². The van der Waals surface area contributed by atoms with Crippen LogP contribution in [0.15, 0.2) is 54.7 Å². The molecule has 70 heavy (non-hydrogen) atoms. The van der Waals surface area contributed by atoms with E-state index in [1.807, 2.05) is 81.8 Å². The molecule has 4 N–H and O–H groups in total. The summed E-state index contributed by atoms with van der Waals surface area (Å²) < 4.78 is 22.1. The second-order valence-corrected chi connectivity index (χ2v) is 22.3. The molecule has 16 atom stereocenters. The van der Waals surface area contributed by atoms with Gasteiger partial charge in [-0.1, -0.05) is 80.9 Å². The number of aromatic amines is 2. The summed E-state index contributed by atoms with van der Waals surface area (Å²) in [6.45, 7) is 16.5. The Balaban J connectivity index is 0.840. The van der Waals surface area contributed by atoms with Crippen LogP contribution in [0.2, 0.25) is 5.15 Å². The van der Waals surface area contributed by atoms with Crippen LogP contribution in [0.4, 0.5) is 9.59 Å². The summed E-state index contributed by atoms with van der Waals surface area (Å²) in [5.74, 6) is 1.95. The summed E-state index contributed by atoms with van der Waals surface area (Å²) in [5, 5.41) is 6.21. The molecule has 4 amide bonds. The molecule has 16 nitrogen and oxygen atoms in total. The number of ether oxygens (including phenoxy) is 4. The standard InChI is InChI=1S/C53H67ClN8O8/c1-25-19-37(61(30(25)6)49(64)43(59-51(66)68-10)52(7)22-28(4)70-29(5)23-52)46-57-40(45(54)60-46)34-17-13-32(14-18-34)31-11-15-33(16-12-31)36-24-55-47(56-36)42-38-39-44(53(38,39)8)62(42)48(63)41(58-50(65)67-9)35-20-26(2)69-27(3)21-35/h11-18,24-30,35,37-39,41-44H,19-23H2,1-10H3,(H,55,56)(H,57,60)(H,58,65)(H,59,66)/t25-,26-,27+,28-,29+,30-,35?,37+,38?,39-,41?,42+,43?,44+,52?,53-/m1/s1. The van der Waals surface area contributed by atoms with Crippen molar-refractivity contribution in [3.63, 3.8) is 0 Å². The quantitative estimate of drug-likeness (QED) is 0.113. The number of halogens is 1. The van der Waals surface area contributed by atoms with Gasteiger partial charge in [-0.2, -0.15) is 0 Å². The average molecular weight is 980 g/mol. The second kappa shape index (κ2) is 18.0. The van der Waals surface area contributed by atoms with Crippen LogP contribution in [0.1, 0.15) is 111 Å². The molecule has 5 unspecified atom stereocenters. The number of carbonyl (C=O) groups is 4. The molecule has 2 aromatic heterocycles. The monoisotopic (exact) mass is 978 g/mol. The Hall–Kier alpha value is -5.45. The zero-order chi connectivity index (χ0) is 49.7. The van der Waals surface area contributed by atoms with Crippen molar-refractivity contribution < 1.29 is 38.1 Å². The Kier molecular flexibility index (Phi) is 12.4. The number of fused-ring (bicyclic) bond motifs is 1. The lowest BCUT2D eigenvalue weighted by Gasteiger charge is -2.46. The van der Waals surface area contributed by atoms with E-state index < -0.39 is 29.7 Å². The average Bonchev–Trinajstić information content (AvgIpc) is 3.72. The van der Waals surface area contributed by atoms with Gasteiger partial charge in [-0.05, 0) is 112 Å². The van der Waals surface area contributed by atoms with E-state index in [-0.39, 0.29) is 77.6 Å². The number of aromatic nitrogens is 4. The molecule has 5 saturated heterocycles. The number of carbonyl (C=O) groups excluding carboxylic acids is 4. The molecule has 0 radical (unpaired) electrons. The molecular formula is C53H67ClN8O8. The number of amides is 4. The van der Waals surface area contributed by atoms with Gasteiger partial charge in [-0.15, -0.1) is 0 Å². The zero-order valence-corrected chi connectivity index (χ0v) is 42.5. The molecule has 374 valence electrons. The zero-order valence-electron chi connectivity index (χ0n) is 41.7. The Morgan fingerprint density at radius 2 is 1.29 bits per heavy atom. The van der Waals surface area contributed by atoms with Crippen LogP contribution in [-0.2, 0) is 28.5 Å². The molecular weight excluding hydrogens is 912 g/mol. The SMILES string of the molecule is COC(=O)NC(C(=O)N1[C@H](c2ncc(-c3ccc(-c4ccc(-c5nc([C@@H]6C[C@@H](C)[C@@H](C)N6C(=O)C(NC(=O)OC)C6(C)C[C@@H](C)O[C@@H](C)C6)[nH]c5Cl)cc4)cc3)[nH]2)C2[C@@H]3[C@H]1[C@]23C)C1C[C@@H](C)O[C@@H](C)C1. The van der Waals surface area contributed by atoms with Gasteiger partial charge in [0.05, 0.1) is 62.6 Å². The third-order valence-corrected chi connectivity index (χ3v) is 17.3. The normalized spacial score (nSPS) is 34.8. The highest BCUT2D eigenvalue weighted by Crippen LogP contribution is 2.90. The number of nitrogens with zero attached hydrogens (tertiary/aromatic N) is 4. The minimum absolute atomic E-state index is 0.0226. The van der Waals surface area contributed by atoms with Gasteiger partial charge in [0.15, 0.2) is 0 Å². The number of benzene rings is 2. The molecule has 5 aliphatic heterocycles. The number of hydrogen-bond donors (Lipinski definition) is 4. The summed E-state index contributed by atoms with van der Waals surface area (Å²) >= 11 is 6.92. The van der Waals surface area contributed by atoms with Crippen LogP contribution in [-0.4, -0.2) is 117 Å². The lowest BCUT2D eigenvalue weighted by atomic mass is 9.71. The number of likely N-dealkylation sites (tertiary alicyclic amines) is 1. The van der Waals surface area contributed by atoms with Crippen molar-refractivity contribution in [3.05, 3.63) is 71.5 Å². The van der Waals surface area contributed by atoms with Gasteiger partial charge in [-0.25, -0.2) is 19.6 Å². The number of H-pyrrole nitrogens is 2. The third kappa shape index (κ3) is 8.24. The number of imidazole rings is 2. The predicted octanol–water partition coefficient (Wildman–Crippen LogP) is 8.85. The minimum Gasteiger partial charge on any atom is -0.453 e. The van der Waals surface area contributed by atoms with Crippen molar-refractivity contribution in [2.75, 3.05) is 14.2 Å². The van der Waals surface area contributed by atoms with Crippen molar-refractivity contribution in [2.45, 2.75) is 148 Å². The first-order chi connectivity index (χ1) is 33.3. The smallest absolute Gasteiger partial charge is 0.407 e. The van der Waals surface area contributed by atoms with Gasteiger partial charge in [0.25, 0.3) is 0 Å². The fourth-order valence-corrected chi connectivity index (χ4v) is 13.9. The van der Waals surface area contributed by atoms with Gasteiger partial charge in [0, 0.05) is 23.1 Å². The number of methoxy groups -OCH3 is 2. The first-order valence-electron chi connectivity index (χ1n) is 25.0. The van der Waals surface area contributed by atoms with Crippen LogP contribution in [0.25, 0.3) is 33.6 Å². The molecule has 2 saturated carbocycles. The summed E-state index contributed by atoms with van der Waals surface area (Å²) in [6.07, 6.45) is 3.59. The molecule has 2 aliphatic carbocycles. The van der Waals surface area contributed by atoms with Gasteiger partial charge in [0.1, 0.15) is 34.6 Å². The van der Waals surface area contributed by atoms with E-state index in [4.69, 9.17) is 40.5 Å². The lowest BCUT2D eigenvalue weighted by Crippen LogP contribution is -2.60. The van der Waals surface area contributed by atoms with E-state index in [2.05, 4.69) is 58.7 Å². The lowest BCUT2D eigenvalue weighted by molar-refractivity contribution is -0.146. The van der Waals surface area contributed by atoms with Gasteiger partial charge in [0.2, 0.25) is 11.8 Å². The highest BCUT2D eigenvalue weighted by molar-refractivity contribution is 6.32. The molecule has 7 heterocycles. The summed E-state index contributed by atoms with van der Waals surface area (Å²) in [5.41, 5.74) is 4.78. The van der Waals surface area contributed by atoms with Crippen molar-refractivity contribution in [3.8, 4) is 33.6 Å². The van der Waals surface area contributed by atoms with Crippen molar-refractivity contribution >= 4 is 35.6 Å². The molecule has 4 aromatic rings. The number of rotatable bonds is 11. The summed E-state index contributed by atoms with van der Waals surface area (Å²) in [4.78, 5) is 75.5. The highest BCUT2D eigenvalue weighted by Gasteiger charge is 2.94. The Bertz CT molecular complexity index is 2640. The van der Waals surface area contributed by atoms with Crippen molar-refractivity contribution in [1.29, 1.82) is 0 Å². The molecule has 7 fully saturated rings. The molecule has 7 aliphatic rings. The molecule has 2 aromatic carbocycles. The number of hydrogen-bond acceptors (Lipinski definition) is 10. The first kappa shape index (κ1) is 48.2. The fourth-order valence-electron chi connectivity index (χ4n) is 13.6. The molecule has 0 spiro atoms. The largest absolute Gasteiger partial charge is 0.453 e. The number of alkyl carbamates (subject to hydrolysis) is 2. The second-order valence-electron chi connectivity index (χ2n) is 21.9. The van der Waals surface area contributed by atoms with E-state index in [0.717, 1.165) is 33.8 Å². The predicted molar refractivity (Wildman–Crippen MR) is 262 cm³/mol.